The summed E-state index contributed by atoms with van der Waals surface area (Å²) in [4.78, 5) is 26.2. The van der Waals surface area contributed by atoms with Crippen molar-refractivity contribution in [2.24, 2.45) is 0 Å². The van der Waals surface area contributed by atoms with Crippen LogP contribution in [0.1, 0.15) is 58.0 Å². The number of aliphatic hydroxyl groups is 1. The standard InChI is InChI=1S/C31H28O4/c32-28(24-15-7-2-8-16-24)21-27(23-13-5-1-6-14-23)22-29(33)35-31(26-19-11-4-12-20-26)30(34)25-17-9-3-10-18-25/h1-20,27,30-31,34H,21-22H2. The Labute approximate surface area is 205 Å². The lowest BCUT2D eigenvalue weighted by Crippen LogP contribution is -2.21. The van der Waals surface area contributed by atoms with Crippen LogP contribution < -0.4 is 0 Å². The molecule has 0 radical (unpaired) electrons. The van der Waals surface area contributed by atoms with Gasteiger partial charge >= 0.3 is 5.97 Å². The fourth-order valence-electron chi connectivity index (χ4n) is 4.17. The summed E-state index contributed by atoms with van der Waals surface area (Å²) in [6, 6.07) is 37.0. The maximum atomic E-state index is 13.2. The highest BCUT2D eigenvalue weighted by Crippen LogP contribution is 2.34. The van der Waals surface area contributed by atoms with E-state index in [4.69, 9.17) is 4.74 Å². The predicted octanol–water partition coefficient (Wildman–Crippen LogP) is 6.45. The number of carbonyl (C=O) groups excluding carboxylic acids is 2. The number of hydrogen-bond acceptors (Lipinski definition) is 4. The first-order chi connectivity index (χ1) is 17.1. The zero-order valence-corrected chi connectivity index (χ0v) is 19.4. The maximum Gasteiger partial charge on any atom is 0.307 e. The molecule has 0 spiro atoms. The molecule has 0 aliphatic rings. The van der Waals surface area contributed by atoms with E-state index in [0.29, 0.717) is 16.7 Å². The van der Waals surface area contributed by atoms with Crippen LogP contribution >= 0.6 is 0 Å². The van der Waals surface area contributed by atoms with Gasteiger partial charge in [-0.2, -0.15) is 0 Å². The number of hydrogen-bond donors (Lipinski definition) is 1. The second-order valence-corrected chi connectivity index (χ2v) is 8.48. The second-order valence-electron chi connectivity index (χ2n) is 8.48. The van der Waals surface area contributed by atoms with Crippen LogP contribution in [0.2, 0.25) is 0 Å². The van der Waals surface area contributed by atoms with Crippen molar-refractivity contribution >= 4 is 11.8 Å². The molecule has 0 heterocycles. The number of ether oxygens (including phenoxy) is 1. The number of Topliss-reactive ketones (excluding diaryl/α,β-unsaturated/α-hetero) is 1. The number of rotatable bonds is 10. The molecule has 0 aliphatic heterocycles. The van der Waals surface area contributed by atoms with Crippen LogP contribution in [-0.4, -0.2) is 16.9 Å². The van der Waals surface area contributed by atoms with Gasteiger partial charge in [0.1, 0.15) is 6.10 Å². The Hall–Kier alpha value is -4.02. The van der Waals surface area contributed by atoms with E-state index in [0.717, 1.165) is 5.56 Å². The number of benzene rings is 4. The Morgan fingerprint density at radius 2 is 1.06 bits per heavy atom. The SMILES string of the molecule is O=C(CC(CC(=O)c1ccccc1)c1ccccc1)OC(c1ccccc1)C(O)c1ccccc1. The predicted molar refractivity (Wildman–Crippen MR) is 136 cm³/mol. The van der Waals surface area contributed by atoms with Crippen molar-refractivity contribution in [3.05, 3.63) is 144 Å². The van der Waals surface area contributed by atoms with Crippen molar-refractivity contribution in [3.63, 3.8) is 0 Å². The fraction of sp³-hybridized carbons (Fsp3) is 0.161. The average Bonchev–Trinajstić information content (AvgIpc) is 2.93. The van der Waals surface area contributed by atoms with Crippen molar-refractivity contribution in [2.45, 2.75) is 31.0 Å². The molecule has 4 aromatic rings. The molecule has 0 fully saturated rings. The summed E-state index contributed by atoms with van der Waals surface area (Å²) in [6.45, 7) is 0. The first kappa shape index (κ1) is 24.1. The third-order valence-electron chi connectivity index (χ3n) is 6.03. The lowest BCUT2D eigenvalue weighted by atomic mass is 9.89. The van der Waals surface area contributed by atoms with Crippen molar-refractivity contribution in [3.8, 4) is 0 Å². The van der Waals surface area contributed by atoms with Crippen molar-refractivity contribution in [1.29, 1.82) is 0 Å². The van der Waals surface area contributed by atoms with E-state index in [2.05, 4.69) is 0 Å². The lowest BCUT2D eigenvalue weighted by molar-refractivity contribution is -0.156. The third kappa shape index (κ3) is 6.52. The van der Waals surface area contributed by atoms with E-state index >= 15 is 0 Å². The van der Waals surface area contributed by atoms with E-state index in [1.807, 2.05) is 97.1 Å². The molecule has 3 atom stereocenters. The maximum absolute atomic E-state index is 13.2. The van der Waals surface area contributed by atoms with Crippen LogP contribution in [-0.2, 0) is 9.53 Å². The molecule has 4 heteroatoms. The summed E-state index contributed by atoms with van der Waals surface area (Å²) < 4.78 is 5.89. The summed E-state index contributed by atoms with van der Waals surface area (Å²) in [5.41, 5.74) is 2.87. The minimum Gasteiger partial charge on any atom is -0.454 e. The van der Waals surface area contributed by atoms with Gasteiger partial charge in [-0.1, -0.05) is 121 Å². The molecule has 0 amide bonds. The van der Waals surface area contributed by atoms with Gasteiger partial charge in [-0.05, 0) is 16.7 Å². The Balaban J connectivity index is 1.55. The highest BCUT2D eigenvalue weighted by Gasteiger charge is 2.29. The molecule has 0 saturated heterocycles. The van der Waals surface area contributed by atoms with Crippen LogP contribution in [0.5, 0.6) is 0 Å². The molecule has 1 N–H and O–H groups in total. The highest BCUT2D eigenvalue weighted by molar-refractivity contribution is 5.96. The van der Waals surface area contributed by atoms with Gasteiger partial charge in [-0.3, -0.25) is 9.59 Å². The van der Waals surface area contributed by atoms with Gasteiger partial charge < -0.3 is 9.84 Å². The van der Waals surface area contributed by atoms with Crippen molar-refractivity contribution in [2.75, 3.05) is 0 Å². The molecule has 4 aromatic carbocycles. The van der Waals surface area contributed by atoms with Gasteiger partial charge in [0.25, 0.3) is 0 Å². The van der Waals surface area contributed by atoms with E-state index in [1.54, 1.807) is 24.3 Å². The van der Waals surface area contributed by atoms with Crippen LogP contribution in [0, 0.1) is 0 Å². The van der Waals surface area contributed by atoms with Gasteiger partial charge in [0, 0.05) is 17.9 Å². The fourth-order valence-corrected chi connectivity index (χ4v) is 4.17. The smallest absolute Gasteiger partial charge is 0.307 e. The monoisotopic (exact) mass is 464 g/mol. The molecular formula is C31H28O4. The number of carbonyl (C=O) groups is 2. The lowest BCUT2D eigenvalue weighted by Gasteiger charge is -2.25. The molecular weight excluding hydrogens is 436 g/mol. The van der Waals surface area contributed by atoms with Crippen LogP contribution in [0.25, 0.3) is 0 Å². The van der Waals surface area contributed by atoms with Gasteiger partial charge in [0.15, 0.2) is 11.9 Å². The second kappa shape index (κ2) is 11.9. The van der Waals surface area contributed by atoms with Gasteiger partial charge in [-0.25, -0.2) is 0 Å². The van der Waals surface area contributed by atoms with Crippen molar-refractivity contribution < 1.29 is 19.4 Å². The van der Waals surface area contributed by atoms with Crippen LogP contribution in [0.3, 0.4) is 0 Å². The Kier molecular flexibility index (Phi) is 8.21. The number of ketones is 1. The quantitative estimate of drug-likeness (QED) is 0.216. The molecule has 4 nitrogen and oxygen atoms in total. The third-order valence-corrected chi connectivity index (χ3v) is 6.03. The summed E-state index contributed by atoms with van der Waals surface area (Å²) >= 11 is 0. The molecule has 0 aliphatic carbocycles. The number of aliphatic hydroxyl groups excluding tert-OH is 1. The molecule has 0 bridgehead atoms. The van der Waals surface area contributed by atoms with Crippen LogP contribution in [0.15, 0.2) is 121 Å². The summed E-state index contributed by atoms with van der Waals surface area (Å²) in [5.74, 6) is -0.846. The Bertz CT molecular complexity index is 1210. The molecule has 0 aromatic heterocycles. The minimum absolute atomic E-state index is 0.0213. The van der Waals surface area contributed by atoms with Gasteiger partial charge in [-0.15, -0.1) is 0 Å². The Morgan fingerprint density at radius 3 is 1.60 bits per heavy atom. The molecule has 176 valence electrons. The largest absolute Gasteiger partial charge is 0.454 e. The van der Waals surface area contributed by atoms with E-state index in [-0.39, 0.29) is 24.5 Å². The van der Waals surface area contributed by atoms with Gasteiger partial charge in [0.2, 0.25) is 0 Å². The zero-order valence-electron chi connectivity index (χ0n) is 19.4. The van der Waals surface area contributed by atoms with Crippen LogP contribution in [0.4, 0.5) is 0 Å². The zero-order chi connectivity index (χ0) is 24.5. The van der Waals surface area contributed by atoms with Gasteiger partial charge in [0.05, 0.1) is 6.42 Å². The summed E-state index contributed by atoms with van der Waals surface area (Å²) in [7, 11) is 0. The molecule has 35 heavy (non-hydrogen) atoms. The summed E-state index contributed by atoms with van der Waals surface area (Å²) in [6.07, 6.45) is -1.69. The van der Waals surface area contributed by atoms with E-state index in [1.165, 1.54) is 0 Å². The first-order valence-electron chi connectivity index (χ1n) is 11.7. The molecule has 0 saturated carbocycles. The molecule has 4 rings (SSSR count). The first-order valence-corrected chi connectivity index (χ1v) is 11.7. The van der Waals surface area contributed by atoms with Crippen molar-refractivity contribution in [1.82, 2.24) is 0 Å². The van der Waals surface area contributed by atoms with E-state index in [9.17, 15) is 14.7 Å². The molecule has 3 unspecified atom stereocenters. The van der Waals surface area contributed by atoms with E-state index < -0.39 is 18.2 Å². The normalized spacial score (nSPS) is 13.4. The summed E-state index contributed by atoms with van der Waals surface area (Å²) in [5, 5.41) is 11.1. The average molecular weight is 465 g/mol. The Morgan fingerprint density at radius 1 is 0.600 bits per heavy atom. The topological polar surface area (TPSA) is 63.6 Å². The number of esters is 1. The minimum atomic E-state index is -1.02. The highest BCUT2D eigenvalue weighted by atomic mass is 16.6.